The van der Waals surface area contributed by atoms with Crippen molar-refractivity contribution in [2.24, 2.45) is 0 Å². The predicted octanol–water partition coefficient (Wildman–Crippen LogP) is 2.60. The van der Waals surface area contributed by atoms with Crippen molar-refractivity contribution in [3.8, 4) is 0 Å². The lowest BCUT2D eigenvalue weighted by Crippen LogP contribution is -2.33. The number of hydrogen-bond donors (Lipinski definition) is 0. The summed E-state index contributed by atoms with van der Waals surface area (Å²) in [6, 6.07) is 30.8. The number of benzene rings is 3. The Morgan fingerprint density at radius 2 is 1.11 bits per heavy atom. The lowest BCUT2D eigenvalue weighted by atomic mass is 10.3. The predicted molar refractivity (Wildman–Crippen MR) is 120 cm³/mol. The molecule has 3 aromatic carbocycles. The van der Waals surface area contributed by atoms with Crippen LogP contribution in [0.3, 0.4) is 0 Å². The van der Waals surface area contributed by atoms with Gasteiger partial charge in [-0.2, -0.15) is 0 Å². The molecule has 0 aromatic heterocycles. The van der Waals surface area contributed by atoms with Crippen LogP contribution in [0.2, 0.25) is 0 Å². The normalized spacial score (nSPS) is 11.7. The second-order valence-electron chi connectivity index (χ2n) is 6.22. The van der Waals surface area contributed by atoms with Crippen LogP contribution in [-0.4, -0.2) is 28.6 Å². The highest BCUT2D eigenvalue weighted by Gasteiger charge is 2.16. The first kappa shape index (κ1) is 20.0. The van der Waals surface area contributed by atoms with Crippen molar-refractivity contribution >= 4 is 38.5 Å². The summed E-state index contributed by atoms with van der Waals surface area (Å²) in [5.41, 5.74) is 0. The summed E-state index contributed by atoms with van der Waals surface area (Å²) in [5.74, 6) is -0.0318. The Morgan fingerprint density at radius 1 is 0.667 bits per heavy atom. The van der Waals surface area contributed by atoms with E-state index in [9.17, 15) is 0 Å². The Balaban J connectivity index is 1.86. The average molecular weight is 395 g/mol. The zero-order valence-corrected chi connectivity index (χ0v) is 18.4. The second kappa shape index (κ2) is 10.5. The molecule has 0 amide bonds. The summed E-state index contributed by atoms with van der Waals surface area (Å²) in [6.07, 6.45) is 0. The van der Waals surface area contributed by atoms with Crippen molar-refractivity contribution < 1.29 is 9.47 Å². The maximum absolute atomic E-state index is 5.75. The standard InChI is InChI=1S/C23H27O2PSi/c1-3-24-23(25-4-2)27-22-17-15-21(16-18-22)26(19-11-7-5-8-12-19)20-13-9-6-10-14-20/h5-18,23H,3-4,27H2,1-2H3. The van der Waals surface area contributed by atoms with E-state index in [2.05, 4.69) is 84.9 Å². The van der Waals surface area contributed by atoms with Gasteiger partial charge in [0.2, 0.25) is 0 Å². The van der Waals surface area contributed by atoms with E-state index in [0.29, 0.717) is 13.2 Å². The third-order valence-electron chi connectivity index (χ3n) is 4.33. The zero-order chi connectivity index (χ0) is 18.9. The maximum Gasteiger partial charge on any atom is 0.139 e. The molecule has 0 saturated carbocycles. The van der Waals surface area contributed by atoms with Gasteiger partial charge in [0, 0.05) is 13.2 Å². The molecular weight excluding hydrogens is 367 g/mol. The Labute approximate surface area is 166 Å². The third-order valence-corrected chi connectivity index (χ3v) is 8.52. The van der Waals surface area contributed by atoms with E-state index < -0.39 is 17.4 Å². The molecule has 0 radical (unpaired) electrons. The van der Waals surface area contributed by atoms with Gasteiger partial charge in [-0.15, -0.1) is 0 Å². The third kappa shape index (κ3) is 5.60. The van der Waals surface area contributed by atoms with Gasteiger partial charge in [-0.25, -0.2) is 0 Å². The minimum Gasteiger partial charge on any atom is -0.357 e. The first-order valence-electron chi connectivity index (χ1n) is 9.54. The molecule has 140 valence electrons. The Kier molecular flexibility index (Phi) is 7.79. The van der Waals surface area contributed by atoms with E-state index in [1.165, 1.54) is 21.1 Å². The van der Waals surface area contributed by atoms with Gasteiger partial charge in [0.25, 0.3) is 0 Å². The molecule has 0 spiro atoms. The molecule has 0 N–H and O–H groups in total. The van der Waals surface area contributed by atoms with Gasteiger partial charge in [-0.3, -0.25) is 0 Å². The van der Waals surface area contributed by atoms with Crippen LogP contribution >= 0.6 is 7.92 Å². The monoisotopic (exact) mass is 394 g/mol. The van der Waals surface area contributed by atoms with Gasteiger partial charge in [0.05, 0.1) is 0 Å². The average Bonchev–Trinajstić information content (AvgIpc) is 2.72. The highest BCUT2D eigenvalue weighted by molar-refractivity contribution is 7.79. The van der Waals surface area contributed by atoms with E-state index in [1.807, 2.05) is 13.8 Å². The molecule has 0 atom stereocenters. The van der Waals surface area contributed by atoms with Crippen LogP contribution in [0.1, 0.15) is 13.8 Å². The molecule has 0 aliphatic rings. The quantitative estimate of drug-likeness (QED) is 0.316. The maximum atomic E-state index is 5.75. The van der Waals surface area contributed by atoms with Crippen molar-refractivity contribution in [3.05, 3.63) is 84.9 Å². The van der Waals surface area contributed by atoms with Crippen LogP contribution in [0.4, 0.5) is 0 Å². The minimum atomic E-state index is -0.623. The Bertz CT molecular complexity index is 748. The first-order chi connectivity index (χ1) is 13.3. The van der Waals surface area contributed by atoms with Gasteiger partial charge in [0.15, 0.2) is 0 Å². The van der Waals surface area contributed by atoms with Crippen molar-refractivity contribution in [2.75, 3.05) is 13.2 Å². The molecule has 0 aliphatic heterocycles. The second-order valence-corrected chi connectivity index (χ2v) is 10.3. The molecule has 4 heteroatoms. The van der Waals surface area contributed by atoms with E-state index in [4.69, 9.17) is 9.47 Å². The van der Waals surface area contributed by atoms with Crippen molar-refractivity contribution in [1.29, 1.82) is 0 Å². The summed E-state index contributed by atoms with van der Waals surface area (Å²) in [6.45, 7) is 5.44. The minimum absolute atomic E-state index is 0.0318. The molecule has 2 nitrogen and oxygen atoms in total. The lowest BCUT2D eigenvalue weighted by Gasteiger charge is -2.20. The molecule has 0 fully saturated rings. The summed E-state index contributed by atoms with van der Waals surface area (Å²) in [5, 5.41) is 5.52. The topological polar surface area (TPSA) is 18.5 Å². The lowest BCUT2D eigenvalue weighted by molar-refractivity contribution is -0.0817. The van der Waals surface area contributed by atoms with Crippen LogP contribution in [-0.2, 0) is 9.47 Å². The van der Waals surface area contributed by atoms with Crippen molar-refractivity contribution in [2.45, 2.75) is 19.8 Å². The molecule has 3 rings (SSSR count). The molecule has 0 unspecified atom stereocenters. The van der Waals surface area contributed by atoms with E-state index in [0.717, 1.165) is 0 Å². The van der Waals surface area contributed by atoms with Gasteiger partial charge in [-0.1, -0.05) is 90.1 Å². The van der Waals surface area contributed by atoms with E-state index in [-0.39, 0.29) is 5.91 Å². The summed E-state index contributed by atoms with van der Waals surface area (Å²) in [4.78, 5) is 0. The summed E-state index contributed by atoms with van der Waals surface area (Å²) < 4.78 is 11.5. The molecule has 27 heavy (non-hydrogen) atoms. The fraction of sp³-hybridized carbons (Fsp3) is 0.217. The van der Waals surface area contributed by atoms with Gasteiger partial charge < -0.3 is 9.47 Å². The largest absolute Gasteiger partial charge is 0.357 e. The van der Waals surface area contributed by atoms with Crippen molar-refractivity contribution in [3.63, 3.8) is 0 Å². The van der Waals surface area contributed by atoms with Crippen LogP contribution in [0, 0.1) is 0 Å². The summed E-state index contributed by atoms with van der Waals surface area (Å²) >= 11 is 0. The molecule has 0 aliphatic carbocycles. The van der Waals surface area contributed by atoms with Crippen LogP contribution in [0.15, 0.2) is 84.9 Å². The van der Waals surface area contributed by atoms with E-state index >= 15 is 0 Å². The fourth-order valence-electron chi connectivity index (χ4n) is 3.11. The Hall–Kier alpha value is -1.77. The first-order valence-corrected chi connectivity index (χ1v) is 12.4. The molecule has 3 aromatic rings. The highest BCUT2D eigenvalue weighted by Crippen LogP contribution is 2.32. The van der Waals surface area contributed by atoms with Crippen LogP contribution < -0.4 is 21.1 Å². The zero-order valence-electron chi connectivity index (χ0n) is 16.0. The highest BCUT2D eigenvalue weighted by atomic mass is 31.1. The van der Waals surface area contributed by atoms with Gasteiger partial charge in [-0.05, 0) is 37.7 Å². The van der Waals surface area contributed by atoms with E-state index in [1.54, 1.807) is 0 Å². The van der Waals surface area contributed by atoms with Crippen molar-refractivity contribution in [1.82, 2.24) is 0 Å². The Morgan fingerprint density at radius 3 is 1.56 bits per heavy atom. The number of hydrogen-bond acceptors (Lipinski definition) is 2. The van der Waals surface area contributed by atoms with Crippen LogP contribution in [0.25, 0.3) is 0 Å². The molecule has 0 saturated heterocycles. The van der Waals surface area contributed by atoms with Gasteiger partial charge in [0.1, 0.15) is 15.4 Å². The SMILES string of the molecule is CCOC(OCC)[SiH2]c1ccc(P(c2ccccc2)c2ccccc2)cc1. The molecular formula is C23H27O2PSi. The molecule has 0 bridgehead atoms. The van der Waals surface area contributed by atoms with Crippen LogP contribution in [0.5, 0.6) is 0 Å². The fourth-order valence-corrected chi connectivity index (χ4v) is 6.99. The smallest absolute Gasteiger partial charge is 0.139 e. The van der Waals surface area contributed by atoms with Gasteiger partial charge >= 0.3 is 0 Å². The molecule has 0 heterocycles. The number of rotatable bonds is 9. The number of ether oxygens (including phenoxy) is 2. The summed E-state index contributed by atoms with van der Waals surface area (Å²) in [7, 11) is -1.16.